The lowest BCUT2D eigenvalue weighted by molar-refractivity contribution is -0.347. The summed E-state index contributed by atoms with van der Waals surface area (Å²) in [4.78, 5) is 162. The van der Waals surface area contributed by atoms with Crippen LogP contribution < -0.4 is 53.6 Å². The summed E-state index contributed by atoms with van der Waals surface area (Å²) < 4.78 is 28.3. The number of ether oxygens (including phenoxy) is 5. The Morgan fingerprint density at radius 2 is 1.00 bits per heavy atom. The van der Waals surface area contributed by atoms with Crippen molar-refractivity contribution in [1.29, 1.82) is 0 Å². The average Bonchev–Trinajstić information content (AvgIpc) is 0.970. The van der Waals surface area contributed by atoms with E-state index in [0.717, 1.165) is 6.92 Å². The molecule has 0 saturated carbocycles. The van der Waals surface area contributed by atoms with Crippen LogP contribution in [0.1, 0.15) is 136 Å². The van der Waals surface area contributed by atoms with Gasteiger partial charge in [0.25, 0.3) is 0 Å². The molecule has 548 valence electrons. The van der Waals surface area contributed by atoms with Crippen LogP contribution in [0.3, 0.4) is 0 Å². The van der Waals surface area contributed by atoms with Gasteiger partial charge in [0.05, 0.1) is 19.3 Å². The molecular formula is C61H105N11O24. The minimum absolute atomic E-state index is 0.0679. The molecule has 0 unspecified atom stereocenters. The number of aliphatic hydroxyl groups is 6. The smallest absolute Gasteiger partial charge is 0.326 e. The van der Waals surface area contributed by atoms with Gasteiger partial charge in [0, 0.05) is 19.9 Å². The van der Waals surface area contributed by atoms with Gasteiger partial charge in [-0.05, 0) is 91.4 Å². The fourth-order valence-corrected chi connectivity index (χ4v) is 10.5. The molecule has 0 aromatic heterocycles. The first-order valence-electron chi connectivity index (χ1n) is 32.2. The number of esters is 1. The molecule has 0 aromatic rings. The summed E-state index contributed by atoms with van der Waals surface area (Å²) in [5, 5.41) is 95.0. The SMILES string of the molecule is CC(=O)N[C@H]1[C@@H](O[C@H](C)[C@H](N)C(=O)N[C@H](C(=O)N2CCC[C@H]2C(=O)N[C@@H](C)C(=O)N[C@@H](C)C(=O)N[C@H](C(=O)N[C@H](C(=O)N[C@H](C(=O)N[C@@H](C)C(=O)N[C@@H](CCC(=O)OC(C)(C)C)C(=O)O)C(C)C)C(C)C)C(C)C)C(C)C)O[C@H](CO)[C@H](O)[C@@H]1O[C@@H]1O[C@H](CO)[C@H](O)[C@H](O)[C@H]1O. The van der Waals surface area contributed by atoms with Crippen LogP contribution in [0.25, 0.3) is 0 Å². The third-order valence-corrected chi connectivity index (χ3v) is 16.3. The number of carboxylic acids is 1. The largest absolute Gasteiger partial charge is 0.480 e. The fourth-order valence-electron chi connectivity index (χ4n) is 10.5. The van der Waals surface area contributed by atoms with Crippen LogP contribution in [-0.4, -0.2) is 265 Å². The molecule has 3 fully saturated rings. The van der Waals surface area contributed by atoms with E-state index in [1.807, 2.05) is 0 Å². The Balaban J connectivity index is 1.64. The summed E-state index contributed by atoms with van der Waals surface area (Å²) in [5.74, 6) is -12.5. The Morgan fingerprint density at radius 1 is 0.562 bits per heavy atom. The molecule has 18 N–H and O–H groups in total. The van der Waals surface area contributed by atoms with Crippen LogP contribution in [0.15, 0.2) is 0 Å². The molecule has 21 atom stereocenters. The molecule has 35 nitrogen and oxygen atoms in total. The highest BCUT2D eigenvalue weighted by Crippen LogP contribution is 2.31. The number of nitrogens with two attached hydrogens (primary N) is 1. The monoisotopic (exact) mass is 1380 g/mol. The number of carbonyl (C=O) groups excluding carboxylic acids is 11. The molecule has 0 spiro atoms. The lowest BCUT2D eigenvalue weighted by atomic mass is 9.95. The van der Waals surface area contributed by atoms with Crippen molar-refractivity contribution in [3.05, 3.63) is 0 Å². The maximum atomic E-state index is 14.3. The Morgan fingerprint density at radius 3 is 1.48 bits per heavy atom. The van der Waals surface area contributed by atoms with E-state index in [4.69, 9.17) is 29.4 Å². The number of carbonyl (C=O) groups is 12. The summed E-state index contributed by atoms with van der Waals surface area (Å²) in [7, 11) is 0. The molecule has 3 aliphatic heterocycles. The highest BCUT2D eigenvalue weighted by Gasteiger charge is 2.53. The average molecular weight is 1380 g/mol. The quantitative estimate of drug-likeness (QED) is 0.0272. The van der Waals surface area contributed by atoms with E-state index in [1.54, 1.807) is 76.2 Å². The lowest BCUT2D eigenvalue weighted by Crippen LogP contribution is -2.68. The number of aliphatic hydroxyl groups excluding tert-OH is 6. The van der Waals surface area contributed by atoms with Crippen LogP contribution >= 0.6 is 0 Å². The van der Waals surface area contributed by atoms with E-state index in [0.29, 0.717) is 6.42 Å². The van der Waals surface area contributed by atoms with Gasteiger partial charge in [-0.2, -0.15) is 0 Å². The number of carboxylic acid groups (broad SMARTS) is 1. The molecule has 3 aliphatic rings. The number of hydrogen-bond donors (Lipinski definition) is 17. The van der Waals surface area contributed by atoms with E-state index < -0.39 is 241 Å². The molecule has 0 aromatic carbocycles. The van der Waals surface area contributed by atoms with Gasteiger partial charge in [0.15, 0.2) is 12.6 Å². The van der Waals surface area contributed by atoms with Crippen molar-refractivity contribution < 1.29 is 117 Å². The lowest BCUT2D eigenvalue weighted by Gasteiger charge is -2.48. The van der Waals surface area contributed by atoms with E-state index >= 15 is 0 Å². The first kappa shape index (κ1) is 83.4. The van der Waals surface area contributed by atoms with E-state index in [1.165, 1.54) is 32.6 Å². The predicted octanol–water partition coefficient (Wildman–Crippen LogP) is -5.75. The van der Waals surface area contributed by atoms with Crippen LogP contribution in [0.4, 0.5) is 0 Å². The molecule has 35 heteroatoms. The molecule has 3 saturated heterocycles. The zero-order valence-electron chi connectivity index (χ0n) is 57.5. The van der Waals surface area contributed by atoms with E-state index in [9.17, 15) is 93.3 Å². The number of aliphatic carboxylic acids is 1. The Kier molecular flexibility index (Phi) is 32.4. The highest BCUT2D eigenvalue weighted by molar-refractivity contribution is 5.98. The number of likely N-dealkylation sites (tertiary alicyclic amines) is 1. The van der Waals surface area contributed by atoms with Gasteiger partial charge in [-0.15, -0.1) is 0 Å². The fraction of sp³-hybridized carbons (Fsp3) is 0.803. The van der Waals surface area contributed by atoms with Gasteiger partial charge < -0.3 is 118 Å². The van der Waals surface area contributed by atoms with Gasteiger partial charge in [0.2, 0.25) is 59.1 Å². The Labute approximate surface area is 558 Å². The van der Waals surface area contributed by atoms with Crippen LogP contribution in [0.5, 0.6) is 0 Å². The second-order valence-corrected chi connectivity index (χ2v) is 26.9. The maximum Gasteiger partial charge on any atom is 0.326 e. The number of hydrogen-bond acceptors (Lipinski definition) is 24. The van der Waals surface area contributed by atoms with Crippen molar-refractivity contribution in [1.82, 2.24) is 52.8 Å². The number of amides is 10. The molecule has 3 heterocycles. The number of nitrogens with one attached hydrogen (secondary N) is 9. The minimum atomic E-state index is -1.94. The zero-order valence-corrected chi connectivity index (χ0v) is 57.5. The summed E-state index contributed by atoms with van der Waals surface area (Å²) in [6, 6.07) is -14.8. The van der Waals surface area contributed by atoms with Gasteiger partial charge in [-0.1, -0.05) is 55.4 Å². The third kappa shape index (κ3) is 23.7. The maximum absolute atomic E-state index is 14.3. The van der Waals surface area contributed by atoms with Crippen molar-refractivity contribution in [2.75, 3.05) is 19.8 Å². The first-order valence-corrected chi connectivity index (χ1v) is 32.2. The van der Waals surface area contributed by atoms with Crippen molar-refractivity contribution in [2.24, 2.45) is 29.4 Å². The third-order valence-electron chi connectivity index (χ3n) is 16.3. The van der Waals surface area contributed by atoms with Crippen LogP contribution in [0.2, 0.25) is 0 Å². The summed E-state index contributed by atoms with van der Waals surface area (Å²) >= 11 is 0. The summed E-state index contributed by atoms with van der Waals surface area (Å²) in [5.41, 5.74) is 5.58. The van der Waals surface area contributed by atoms with Crippen molar-refractivity contribution in [2.45, 2.75) is 270 Å². The molecule has 96 heavy (non-hydrogen) atoms. The van der Waals surface area contributed by atoms with Crippen molar-refractivity contribution in [3.63, 3.8) is 0 Å². The first-order chi connectivity index (χ1) is 44.5. The Hall–Kier alpha value is -6.80. The zero-order chi connectivity index (χ0) is 73.3. The number of nitrogens with zero attached hydrogens (tertiary/aromatic N) is 1. The summed E-state index contributed by atoms with van der Waals surface area (Å²) in [6.45, 7) is 22.6. The Bertz CT molecular complexity index is 2700. The summed E-state index contributed by atoms with van der Waals surface area (Å²) in [6.07, 6.45) is -16.9. The normalized spacial score (nSPS) is 26.1. The van der Waals surface area contributed by atoms with Gasteiger partial charge in [-0.25, -0.2) is 4.79 Å². The molecule has 0 bridgehead atoms. The van der Waals surface area contributed by atoms with Gasteiger partial charge >= 0.3 is 11.9 Å². The molecule has 0 radical (unpaired) electrons. The second kappa shape index (κ2) is 37.2. The standard InChI is InChI=1S/C61H105N11O24/c1-24(2)39(54(86)65-29(10)50(82)67-33(58(90)91)19-20-37(76)96-61(14,15)16)69-56(88)41(26(5)6)70-55(87)40(25(3)4)68-51(83)30(11)63-49(81)28(9)64-52(84)34-18-17-21-72(34)57(89)42(27(7)8)71-53(85)38(62)31(12)92-59-43(66-32(13)75)48(45(78)36(23-74)93-59)95-60-47(80)46(79)44(77)35(22-73)94-60/h24-31,33-36,38-48,59-60,73-74,77-80H,17-23,62H2,1-16H3,(H,63,81)(H,64,84)(H,65,86)(H,66,75)(H,67,82)(H,68,83)(H,69,88)(H,70,87)(H,71,85)(H,90,91)/t28-,29-,30-,31+,33-,34-,35+,36+,38-,39-,40-,41-,42-,43+,44-,45-,46-,47+,48+,59-,60-/m0/s1. The predicted molar refractivity (Wildman–Crippen MR) is 336 cm³/mol. The van der Waals surface area contributed by atoms with Crippen LogP contribution in [-0.2, 0) is 81.2 Å². The topological polar surface area (TPSA) is 530 Å². The minimum Gasteiger partial charge on any atom is -0.480 e. The van der Waals surface area contributed by atoms with Crippen molar-refractivity contribution >= 4 is 71.0 Å². The van der Waals surface area contributed by atoms with Gasteiger partial charge in [0.1, 0.15) is 115 Å². The molecular weight excluding hydrogens is 1270 g/mol. The number of rotatable bonds is 33. The van der Waals surface area contributed by atoms with Crippen molar-refractivity contribution in [3.8, 4) is 0 Å². The second-order valence-electron chi connectivity index (χ2n) is 26.9. The molecule has 0 aliphatic carbocycles. The van der Waals surface area contributed by atoms with E-state index in [2.05, 4.69) is 47.9 Å². The van der Waals surface area contributed by atoms with Crippen LogP contribution in [0, 0.1) is 23.7 Å². The van der Waals surface area contributed by atoms with E-state index in [-0.39, 0.29) is 25.8 Å². The highest BCUT2D eigenvalue weighted by atomic mass is 16.7. The van der Waals surface area contributed by atoms with Gasteiger partial charge in [-0.3, -0.25) is 52.7 Å². The molecule has 10 amide bonds. The molecule has 3 rings (SSSR count).